The first-order chi connectivity index (χ1) is 9.19. The molecular formula is C16H18BrNO. The fourth-order valence-corrected chi connectivity index (χ4v) is 2.36. The highest BCUT2D eigenvalue weighted by Gasteiger charge is 2.07. The van der Waals surface area contributed by atoms with Gasteiger partial charge in [0.05, 0.1) is 6.10 Å². The second kappa shape index (κ2) is 6.73. The third kappa shape index (κ3) is 4.08. The van der Waals surface area contributed by atoms with E-state index in [0.717, 1.165) is 22.1 Å². The van der Waals surface area contributed by atoms with Gasteiger partial charge in [0.1, 0.15) is 0 Å². The highest BCUT2D eigenvalue weighted by atomic mass is 79.9. The number of benzene rings is 2. The summed E-state index contributed by atoms with van der Waals surface area (Å²) in [6, 6.07) is 16.0. The van der Waals surface area contributed by atoms with Gasteiger partial charge in [0.25, 0.3) is 0 Å². The van der Waals surface area contributed by atoms with Gasteiger partial charge in [-0.2, -0.15) is 0 Å². The smallest absolute Gasteiger partial charge is 0.0962 e. The van der Waals surface area contributed by atoms with E-state index >= 15 is 0 Å². The second-order valence-corrected chi connectivity index (χ2v) is 5.42. The Bertz CT molecular complexity index is 542. The standard InChI is InChI=1S/C16H18BrNO/c1-2-12-5-3-8-15(9-12)18-11-16(19)13-6-4-7-14(17)10-13/h3-10,16,18-19H,2,11H2,1H3. The molecule has 2 N–H and O–H groups in total. The number of rotatable bonds is 5. The zero-order chi connectivity index (χ0) is 13.7. The average molecular weight is 320 g/mol. The SMILES string of the molecule is CCc1cccc(NCC(O)c2cccc(Br)c2)c1. The summed E-state index contributed by atoms with van der Waals surface area (Å²) in [5, 5.41) is 13.4. The minimum Gasteiger partial charge on any atom is -0.387 e. The van der Waals surface area contributed by atoms with Crippen molar-refractivity contribution in [1.82, 2.24) is 0 Å². The lowest BCUT2D eigenvalue weighted by molar-refractivity contribution is 0.191. The molecule has 2 nitrogen and oxygen atoms in total. The van der Waals surface area contributed by atoms with Gasteiger partial charge < -0.3 is 10.4 Å². The van der Waals surface area contributed by atoms with Crippen LogP contribution in [0.5, 0.6) is 0 Å². The Kier molecular flexibility index (Phi) is 5.00. The Morgan fingerprint density at radius 3 is 2.68 bits per heavy atom. The van der Waals surface area contributed by atoms with Gasteiger partial charge in [-0.25, -0.2) is 0 Å². The number of aryl methyl sites for hydroxylation is 1. The average Bonchev–Trinajstić information content (AvgIpc) is 2.45. The number of aliphatic hydroxyl groups is 1. The van der Waals surface area contributed by atoms with Crippen LogP contribution in [0.3, 0.4) is 0 Å². The van der Waals surface area contributed by atoms with Gasteiger partial charge in [0.2, 0.25) is 0 Å². The number of halogens is 1. The molecule has 0 spiro atoms. The van der Waals surface area contributed by atoms with E-state index in [1.54, 1.807) is 0 Å². The lowest BCUT2D eigenvalue weighted by Crippen LogP contribution is -2.12. The molecular weight excluding hydrogens is 302 g/mol. The minimum absolute atomic E-state index is 0.504. The Balaban J connectivity index is 1.98. The summed E-state index contributed by atoms with van der Waals surface area (Å²) in [7, 11) is 0. The molecule has 0 heterocycles. The first kappa shape index (κ1) is 14.1. The molecule has 1 unspecified atom stereocenters. The highest BCUT2D eigenvalue weighted by Crippen LogP contribution is 2.19. The molecule has 3 heteroatoms. The summed E-state index contributed by atoms with van der Waals surface area (Å²) in [6.07, 6.45) is 0.506. The molecule has 1 atom stereocenters. The third-order valence-corrected chi connectivity index (χ3v) is 3.56. The van der Waals surface area contributed by atoms with E-state index in [1.165, 1.54) is 5.56 Å². The molecule has 0 bridgehead atoms. The van der Waals surface area contributed by atoms with Gasteiger partial charge in [0, 0.05) is 16.7 Å². The molecule has 100 valence electrons. The van der Waals surface area contributed by atoms with Crippen molar-refractivity contribution < 1.29 is 5.11 Å². The summed E-state index contributed by atoms with van der Waals surface area (Å²) in [5.74, 6) is 0. The van der Waals surface area contributed by atoms with Crippen LogP contribution in [-0.4, -0.2) is 11.7 Å². The Morgan fingerprint density at radius 1 is 1.16 bits per heavy atom. The first-order valence-corrected chi connectivity index (χ1v) is 7.24. The minimum atomic E-state index is -0.511. The lowest BCUT2D eigenvalue weighted by atomic mass is 10.1. The molecule has 0 aliphatic heterocycles. The number of anilines is 1. The van der Waals surface area contributed by atoms with E-state index in [9.17, 15) is 5.11 Å². The van der Waals surface area contributed by atoms with Gasteiger partial charge in [-0.1, -0.05) is 47.1 Å². The molecule has 0 saturated carbocycles. The van der Waals surface area contributed by atoms with Crippen molar-refractivity contribution in [2.24, 2.45) is 0 Å². The molecule has 2 aromatic carbocycles. The maximum absolute atomic E-state index is 10.1. The van der Waals surface area contributed by atoms with Crippen molar-refractivity contribution in [3.63, 3.8) is 0 Å². The number of hydrogen-bond acceptors (Lipinski definition) is 2. The van der Waals surface area contributed by atoms with E-state index in [0.29, 0.717) is 6.54 Å². The van der Waals surface area contributed by atoms with Crippen molar-refractivity contribution in [1.29, 1.82) is 0 Å². The van der Waals surface area contributed by atoms with E-state index in [1.807, 2.05) is 36.4 Å². The monoisotopic (exact) mass is 319 g/mol. The van der Waals surface area contributed by atoms with Crippen molar-refractivity contribution >= 4 is 21.6 Å². The van der Waals surface area contributed by atoms with Gasteiger partial charge in [-0.15, -0.1) is 0 Å². The number of hydrogen-bond donors (Lipinski definition) is 2. The first-order valence-electron chi connectivity index (χ1n) is 6.45. The second-order valence-electron chi connectivity index (χ2n) is 4.51. The fraction of sp³-hybridized carbons (Fsp3) is 0.250. The third-order valence-electron chi connectivity index (χ3n) is 3.07. The van der Waals surface area contributed by atoms with Crippen LogP contribution in [-0.2, 0) is 6.42 Å². The molecule has 2 aromatic rings. The predicted molar refractivity (Wildman–Crippen MR) is 83.4 cm³/mol. The van der Waals surface area contributed by atoms with Gasteiger partial charge in [-0.05, 0) is 41.8 Å². The summed E-state index contributed by atoms with van der Waals surface area (Å²) in [6.45, 7) is 2.64. The van der Waals surface area contributed by atoms with Crippen molar-refractivity contribution in [2.45, 2.75) is 19.4 Å². The van der Waals surface area contributed by atoms with Crippen LogP contribution in [0.15, 0.2) is 53.0 Å². The van der Waals surface area contributed by atoms with E-state index in [4.69, 9.17) is 0 Å². The molecule has 0 aliphatic carbocycles. The molecule has 2 rings (SSSR count). The Morgan fingerprint density at radius 2 is 1.95 bits per heavy atom. The van der Waals surface area contributed by atoms with E-state index < -0.39 is 6.10 Å². The predicted octanol–water partition coefficient (Wildman–Crippen LogP) is 4.16. The molecule has 19 heavy (non-hydrogen) atoms. The zero-order valence-corrected chi connectivity index (χ0v) is 12.5. The quantitative estimate of drug-likeness (QED) is 0.867. The lowest BCUT2D eigenvalue weighted by Gasteiger charge is -2.14. The Hall–Kier alpha value is -1.32. The molecule has 0 saturated heterocycles. The zero-order valence-electron chi connectivity index (χ0n) is 10.9. The van der Waals surface area contributed by atoms with E-state index in [2.05, 4.69) is 40.3 Å². The highest BCUT2D eigenvalue weighted by molar-refractivity contribution is 9.10. The maximum Gasteiger partial charge on any atom is 0.0962 e. The van der Waals surface area contributed by atoms with Crippen LogP contribution >= 0.6 is 15.9 Å². The maximum atomic E-state index is 10.1. The Labute approximate surface area is 122 Å². The molecule has 0 aromatic heterocycles. The van der Waals surface area contributed by atoms with Crippen LogP contribution < -0.4 is 5.32 Å². The number of nitrogens with one attached hydrogen (secondary N) is 1. The van der Waals surface area contributed by atoms with Crippen LogP contribution in [0.2, 0.25) is 0 Å². The molecule has 0 amide bonds. The number of aliphatic hydroxyl groups excluding tert-OH is 1. The van der Waals surface area contributed by atoms with Crippen LogP contribution in [0, 0.1) is 0 Å². The van der Waals surface area contributed by atoms with Gasteiger partial charge in [-0.3, -0.25) is 0 Å². The largest absolute Gasteiger partial charge is 0.387 e. The molecule has 0 fully saturated rings. The van der Waals surface area contributed by atoms with E-state index in [-0.39, 0.29) is 0 Å². The summed E-state index contributed by atoms with van der Waals surface area (Å²) in [4.78, 5) is 0. The molecule has 0 aliphatic rings. The molecule has 0 radical (unpaired) electrons. The van der Waals surface area contributed by atoms with Crippen LogP contribution in [0.1, 0.15) is 24.2 Å². The van der Waals surface area contributed by atoms with Crippen molar-refractivity contribution in [2.75, 3.05) is 11.9 Å². The summed E-state index contributed by atoms with van der Waals surface area (Å²) >= 11 is 3.41. The topological polar surface area (TPSA) is 32.3 Å². The fourth-order valence-electron chi connectivity index (χ4n) is 1.95. The van der Waals surface area contributed by atoms with Crippen molar-refractivity contribution in [3.8, 4) is 0 Å². The van der Waals surface area contributed by atoms with Crippen molar-refractivity contribution in [3.05, 3.63) is 64.1 Å². The summed E-state index contributed by atoms with van der Waals surface area (Å²) in [5.41, 5.74) is 3.25. The van der Waals surface area contributed by atoms with Gasteiger partial charge >= 0.3 is 0 Å². The van der Waals surface area contributed by atoms with Gasteiger partial charge in [0.15, 0.2) is 0 Å². The summed E-state index contributed by atoms with van der Waals surface area (Å²) < 4.78 is 0.983. The van der Waals surface area contributed by atoms with Crippen LogP contribution in [0.25, 0.3) is 0 Å². The van der Waals surface area contributed by atoms with Crippen LogP contribution in [0.4, 0.5) is 5.69 Å². The normalized spacial score (nSPS) is 12.2.